The maximum absolute atomic E-state index is 11.7. The zero-order chi connectivity index (χ0) is 14.3. The van der Waals surface area contributed by atoms with Crippen LogP contribution in [-0.4, -0.2) is 36.1 Å². The van der Waals surface area contributed by atoms with Gasteiger partial charge in [-0.1, -0.05) is 0 Å². The Kier molecular flexibility index (Phi) is 5.66. The molecule has 0 heterocycles. The lowest BCUT2D eigenvalue weighted by Crippen LogP contribution is -2.40. The maximum Gasteiger partial charge on any atom is 0.260 e. The molecule has 1 aromatic rings. The fourth-order valence-electron chi connectivity index (χ4n) is 1.35. The van der Waals surface area contributed by atoms with E-state index in [1.165, 1.54) is 19.1 Å². The van der Waals surface area contributed by atoms with Crippen molar-refractivity contribution in [2.24, 2.45) is 0 Å². The lowest BCUT2D eigenvalue weighted by atomic mass is 10.3. The van der Waals surface area contributed by atoms with Crippen molar-refractivity contribution < 1.29 is 19.4 Å². The Bertz CT molecular complexity index is 431. The molecule has 3 N–H and O–H groups in total. The van der Waals surface area contributed by atoms with Crippen molar-refractivity contribution in [3.8, 4) is 11.5 Å². The standard InChI is InChI=1S/C13H18N2O4/c1-9(13(18)15-8-7-14-10(2)16)19-12-5-3-11(17)4-6-12/h3-6,9,17H,7-8H2,1-2H3,(H,14,16)(H,15,18). The van der Waals surface area contributed by atoms with Gasteiger partial charge in [0.25, 0.3) is 5.91 Å². The third-order valence-corrected chi connectivity index (χ3v) is 2.32. The molecule has 1 unspecified atom stereocenters. The van der Waals surface area contributed by atoms with Crippen LogP contribution in [0.4, 0.5) is 0 Å². The number of carbonyl (C=O) groups is 2. The summed E-state index contributed by atoms with van der Waals surface area (Å²) in [4.78, 5) is 22.3. The molecule has 0 aliphatic carbocycles. The van der Waals surface area contributed by atoms with E-state index in [-0.39, 0.29) is 17.6 Å². The number of hydrogen-bond acceptors (Lipinski definition) is 4. The van der Waals surface area contributed by atoms with Crippen LogP contribution >= 0.6 is 0 Å². The highest BCUT2D eigenvalue weighted by Crippen LogP contribution is 2.17. The third kappa shape index (κ3) is 5.76. The molecule has 0 aromatic heterocycles. The first-order valence-corrected chi connectivity index (χ1v) is 5.97. The van der Waals surface area contributed by atoms with Gasteiger partial charge in [0.15, 0.2) is 6.10 Å². The normalized spacial score (nSPS) is 11.5. The van der Waals surface area contributed by atoms with Crippen LogP contribution in [0.15, 0.2) is 24.3 Å². The highest BCUT2D eigenvalue weighted by atomic mass is 16.5. The zero-order valence-corrected chi connectivity index (χ0v) is 11.0. The molecule has 6 heteroatoms. The molecule has 0 radical (unpaired) electrons. The van der Waals surface area contributed by atoms with Crippen LogP contribution in [0.3, 0.4) is 0 Å². The summed E-state index contributed by atoms with van der Waals surface area (Å²) in [5.41, 5.74) is 0. The van der Waals surface area contributed by atoms with Crippen molar-refractivity contribution >= 4 is 11.8 Å². The molecule has 1 rings (SSSR count). The number of aromatic hydroxyl groups is 1. The molecule has 0 spiro atoms. The summed E-state index contributed by atoms with van der Waals surface area (Å²) < 4.78 is 5.40. The number of phenols is 1. The van der Waals surface area contributed by atoms with Gasteiger partial charge in [-0.05, 0) is 31.2 Å². The Morgan fingerprint density at radius 2 is 1.79 bits per heavy atom. The minimum Gasteiger partial charge on any atom is -0.508 e. The third-order valence-electron chi connectivity index (χ3n) is 2.32. The molecule has 1 aromatic carbocycles. The highest BCUT2D eigenvalue weighted by Gasteiger charge is 2.13. The molecule has 19 heavy (non-hydrogen) atoms. The quantitative estimate of drug-likeness (QED) is 0.651. The Morgan fingerprint density at radius 3 is 2.37 bits per heavy atom. The topological polar surface area (TPSA) is 87.7 Å². The Hall–Kier alpha value is -2.24. The average molecular weight is 266 g/mol. The molecule has 104 valence electrons. The summed E-state index contributed by atoms with van der Waals surface area (Å²) in [6.45, 7) is 3.77. The van der Waals surface area contributed by atoms with E-state index in [1.54, 1.807) is 19.1 Å². The fraction of sp³-hybridized carbons (Fsp3) is 0.385. The van der Waals surface area contributed by atoms with E-state index in [0.29, 0.717) is 18.8 Å². The summed E-state index contributed by atoms with van der Waals surface area (Å²) in [6.07, 6.45) is -0.651. The predicted octanol–water partition coefficient (Wildman–Crippen LogP) is 0.412. The molecule has 0 aliphatic heterocycles. The molecule has 0 saturated carbocycles. The van der Waals surface area contributed by atoms with E-state index in [2.05, 4.69) is 10.6 Å². The van der Waals surface area contributed by atoms with Crippen molar-refractivity contribution in [2.75, 3.05) is 13.1 Å². The number of carbonyl (C=O) groups excluding carboxylic acids is 2. The number of nitrogens with one attached hydrogen (secondary N) is 2. The van der Waals surface area contributed by atoms with Gasteiger partial charge in [0.05, 0.1) is 0 Å². The number of hydrogen-bond donors (Lipinski definition) is 3. The van der Waals surface area contributed by atoms with Crippen LogP contribution in [0.2, 0.25) is 0 Å². The number of rotatable bonds is 6. The second-order valence-corrected chi connectivity index (χ2v) is 4.03. The van der Waals surface area contributed by atoms with Gasteiger partial charge in [-0.25, -0.2) is 0 Å². The molecule has 6 nitrogen and oxygen atoms in total. The first kappa shape index (κ1) is 14.8. The van der Waals surface area contributed by atoms with E-state index in [0.717, 1.165) is 0 Å². The van der Waals surface area contributed by atoms with Gasteiger partial charge >= 0.3 is 0 Å². The SMILES string of the molecule is CC(=O)NCCNC(=O)C(C)Oc1ccc(O)cc1. The second kappa shape index (κ2) is 7.25. The van der Waals surface area contributed by atoms with Gasteiger partial charge in [-0.3, -0.25) is 9.59 Å². The van der Waals surface area contributed by atoms with Crippen molar-refractivity contribution in [1.29, 1.82) is 0 Å². The summed E-state index contributed by atoms with van der Waals surface area (Å²) in [5, 5.41) is 14.3. The highest BCUT2D eigenvalue weighted by molar-refractivity contribution is 5.80. The van der Waals surface area contributed by atoms with Crippen LogP contribution < -0.4 is 15.4 Å². The second-order valence-electron chi connectivity index (χ2n) is 4.03. The molecule has 2 amide bonds. The van der Waals surface area contributed by atoms with E-state index in [4.69, 9.17) is 9.84 Å². The number of benzene rings is 1. The summed E-state index contributed by atoms with van der Waals surface area (Å²) in [7, 11) is 0. The average Bonchev–Trinajstić information content (AvgIpc) is 2.36. The summed E-state index contributed by atoms with van der Waals surface area (Å²) >= 11 is 0. The molecular formula is C13H18N2O4. The van der Waals surface area contributed by atoms with Crippen LogP contribution in [0.25, 0.3) is 0 Å². The van der Waals surface area contributed by atoms with E-state index in [9.17, 15) is 9.59 Å². The van der Waals surface area contributed by atoms with Crippen LogP contribution in [0, 0.1) is 0 Å². The minimum absolute atomic E-state index is 0.136. The van der Waals surface area contributed by atoms with Crippen molar-refractivity contribution in [1.82, 2.24) is 10.6 Å². The predicted molar refractivity (Wildman–Crippen MR) is 69.9 cm³/mol. The molecule has 0 bridgehead atoms. The Morgan fingerprint density at radius 1 is 1.21 bits per heavy atom. The van der Waals surface area contributed by atoms with Crippen LogP contribution in [-0.2, 0) is 9.59 Å². The van der Waals surface area contributed by atoms with Gasteiger partial charge in [-0.2, -0.15) is 0 Å². The molecule has 1 atom stereocenters. The Labute approximate surface area is 111 Å². The van der Waals surface area contributed by atoms with E-state index < -0.39 is 6.10 Å². The molecule has 0 saturated heterocycles. The first-order valence-electron chi connectivity index (χ1n) is 5.97. The van der Waals surface area contributed by atoms with Crippen molar-refractivity contribution in [3.63, 3.8) is 0 Å². The van der Waals surface area contributed by atoms with Gasteiger partial charge in [0.2, 0.25) is 5.91 Å². The van der Waals surface area contributed by atoms with E-state index in [1.807, 2.05) is 0 Å². The summed E-state index contributed by atoms with van der Waals surface area (Å²) in [5.74, 6) is 0.239. The fourth-order valence-corrected chi connectivity index (χ4v) is 1.35. The zero-order valence-electron chi connectivity index (χ0n) is 11.0. The van der Waals surface area contributed by atoms with Gasteiger partial charge < -0.3 is 20.5 Å². The smallest absolute Gasteiger partial charge is 0.260 e. The van der Waals surface area contributed by atoms with Gasteiger partial charge in [0, 0.05) is 20.0 Å². The molecule has 0 fully saturated rings. The van der Waals surface area contributed by atoms with Crippen molar-refractivity contribution in [3.05, 3.63) is 24.3 Å². The van der Waals surface area contributed by atoms with Gasteiger partial charge in [0.1, 0.15) is 11.5 Å². The number of amides is 2. The molecule has 0 aliphatic rings. The van der Waals surface area contributed by atoms with Gasteiger partial charge in [-0.15, -0.1) is 0 Å². The Balaban J connectivity index is 2.32. The summed E-state index contributed by atoms with van der Waals surface area (Å²) in [6, 6.07) is 6.13. The largest absolute Gasteiger partial charge is 0.508 e. The molecular weight excluding hydrogens is 248 g/mol. The minimum atomic E-state index is -0.651. The first-order chi connectivity index (χ1) is 8.99. The van der Waals surface area contributed by atoms with E-state index >= 15 is 0 Å². The number of ether oxygens (including phenoxy) is 1. The monoisotopic (exact) mass is 266 g/mol. The number of phenolic OH excluding ortho intramolecular Hbond substituents is 1. The van der Waals surface area contributed by atoms with Crippen molar-refractivity contribution in [2.45, 2.75) is 20.0 Å². The van der Waals surface area contributed by atoms with Crippen LogP contribution in [0.5, 0.6) is 11.5 Å². The lowest BCUT2D eigenvalue weighted by Gasteiger charge is -2.14. The lowest BCUT2D eigenvalue weighted by molar-refractivity contribution is -0.127. The van der Waals surface area contributed by atoms with Crippen LogP contribution in [0.1, 0.15) is 13.8 Å². The maximum atomic E-state index is 11.7.